The quantitative estimate of drug-likeness (QED) is 0.641. The third-order valence-electron chi connectivity index (χ3n) is 3.64. The molecule has 6 heteroatoms. The molecule has 0 fully saturated rings. The number of benzene rings is 1. The molecule has 0 atom stereocenters. The first-order valence-electron chi connectivity index (χ1n) is 7.75. The van der Waals surface area contributed by atoms with Crippen LogP contribution in [-0.2, 0) is 11.8 Å². The van der Waals surface area contributed by atoms with Crippen molar-refractivity contribution in [3.63, 3.8) is 0 Å². The van der Waals surface area contributed by atoms with E-state index in [0.29, 0.717) is 11.7 Å². The standard InChI is InChI=1S/C18H22ClN3OS/c1-18(2,3)13-7-5-12(6-8-13)9-10-20-16(23)15-14(19)11-21-17(22-15)24-4/h5-8,11H,9-10H2,1-4H3,(H,20,23). The van der Waals surface area contributed by atoms with Gasteiger partial charge in [0.25, 0.3) is 5.91 Å². The van der Waals surface area contributed by atoms with Gasteiger partial charge in [-0.3, -0.25) is 4.79 Å². The highest BCUT2D eigenvalue weighted by Gasteiger charge is 2.14. The molecule has 1 heterocycles. The van der Waals surface area contributed by atoms with E-state index in [4.69, 9.17) is 11.6 Å². The number of hydrogen-bond acceptors (Lipinski definition) is 4. The Balaban J connectivity index is 1.93. The number of aromatic nitrogens is 2. The van der Waals surface area contributed by atoms with Crippen LogP contribution in [-0.4, -0.2) is 28.7 Å². The second-order valence-corrected chi connectivity index (χ2v) is 7.69. The molecule has 0 aliphatic rings. The zero-order chi connectivity index (χ0) is 17.7. The summed E-state index contributed by atoms with van der Waals surface area (Å²) in [6.45, 7) is 7.10. The Kier molecular flexibility index (Phi) is 6.24. The second-order valence-electron chi connectivity index (χ2n) is 6.51. The van der Waals surface area contributed by atoms with Crippen molar-refractivity contribution in [2.75, 3.05) is 12.8 Å². The third kappa shape index (κ3) is 4.95. The molecule has 128 valence electrons. The largest absolute Gasteiger partial charge is 0.350 e. The van der Waals surface area contributed by atoms with Crippen molar-refractivity contribution < 1.29 is 4.79 Å². The van der Waals surface area contributed by atoms with Crippen molar-refractivity contribution in [2.24, 2.45) is 0 Å². The van der Waals surface area contributed by atoms with E-state index in [1.807, 2.05) is 6.26 Å². The van der Waals surface area contributed by atoms with Gasteiger partial charge in [-0.2, -0.15) is 0 Å². The number of nitrogens with one attached hydrogen (secondary N) is 1. The number of halogens is 1. The van der Waals surface area contributed by atoms with Crippen molar-refractivity contribution in [1.82, 2.24) is 15.3 Å². The lowest BCUT2D eigenvalue weighted by Gasteiger charge is -2.19. The maximum atomic E-state index is 12.2. The Labute approximate surface area is 152 Å². The van der Waals surface area contributed by atoms with Gasteiger partial charge >= 0.3 is 0 Å². The van der Waals surface area contributed by atoms with Gasteiger partial charge in [0.05, 0.1) is 11.2 Å². The summed E-state index contributed by atoms with van der Waals surface area (Å²) in [6, 6.07) is 8.50. The van der Waals surface area contributed by atoms with Gasteiger partial charge in [-0.05, 0) is 29.2 Å². The number of amides is 1. The lowest BCUT2D eigenvalue weighted by Crippen LogP contribution is -2.27. The summed E-state index contributed by atoms with van der Waals surface area (Å²) in [5, 5.41) is 3.66. The first kappa shape index (κ1) is 18.7. The molecule has 4 nitrogen and oxygen atoms in total. The van der Waals surface area contributed by atoms with Gasteiger partial charge in [0.15, 0.2) is 10.9 Å². The lowest BCUT2D eigenvalue weighted by atomic mass is 9.86. The Hall–Kier alpha value is -1.59. The Morgan fingerprint density at radius 2 is 1.92 bits per heavy atom. The predicted octanol–water partition coefficient (Wildman–Crippen LogP) is 4.12. The van der Waals surface area contributed by atoms with Crippen LogP contribution in [0.3, 0.4) is 0 Å². The van der Waals surface area contributed by atoms with E-state index in [1.165, 1.54) is 29.1 Å². The fraction of sp³-hybridized carbons (Fsp3) is 0.389. The molecule has 0 unspecified atom stereocenters. The molecule has 0 radical (unpaired) electrons. The topological polar surface area (TPSA) is 54.9 Å². The molecule has 2 aromatic rings. The Bertz CT molecular complexity index is 711. The molecule has 1 amide bonds. The highest BCUT2D eigenvalue weighted by molar-refractivity contribution is 7.98. The fourth-order valence-corrected chi connectivity index (χ4v) is 2.70. The van der Waals surface area contributed by atoms with Crippen molar-refractivity contribution in [3.05, 3.63) is 52.3 Å². The zero-order valence-electron chi connectivity index (χ0n) is 14.4. The van der Waals surface area contributed by atoms with Crippen LogP contribution in [0.2, 0.25) is 5.02 Å². The number of thioether (sulfide) groups is 1. The van der Waals surface area contributed by atoms with Crippen LogP contribution in [0.1, 0.15) is 42.4 Å². The monoisotopic (exact) mass is 363 g/mol. The number of hydrogen-bond donors (Lipinski definition) is 1. The minimum atomic E-state index is -0.274. The summed E-state index contributed by atoms with van der Waals surface area (Å²) in [7, 11) is 0. The zero-order valence-corrected chi connectivity index (χ0v) is 16.0. The predicted molar refractivity (Wildman–Crippen MR) is 100 cm³/mol. The van der Waals surface area contributed by atoms with E-state index in [0.717, 1.165) is 6.42 Å². The van der Waals surface area contributed by atoms with Gasteiger partial charge in [-0.15, -0.1) is 0 Å². The molecule has 2 rings (SSSR count). The molecule has 0 bridgehead atoms. The summed E-state index contributed by atoms with van der Waals surface area (Å²) in [4.78, 5) is 20.4. The summed E-state index contributed by atoms with van der Waals surface area (Å²) >= 11 is 7.38. The second kappa shape index (κ2) is 7.99. The van der Waals surface area contributed by atoms with E-state index >= 15 is 0 Å². The fourth-order valence-electron chi connectivity index (χ4n) is 2.18. The van der Waals surface area contributed by atoms with Crippen molar-refractivity contribution >= 4 is 29.3 Å². The summed E-state index contributed by atoms with van der Waals surface area (Å²) in [5.74, 6) is -0.274. The molecule has 1 N–H and O–H groups in total. The van der Waals surface area contributed by atoms with E-state index in [1.54, 1.807) is 0 Å². The lowest BCUT2D eigenvalue weighted by molar-refractivity contribution is 0.0948. The van der Waals surface area contributed by atoms with Crippen LogP contribution in [0.5, 0.6) is 0 Å². The van der Waals surface area contributed by atoms with Crippen LogP contribution >= 0.6 is 23.4 Å². The first-order chi connectivity index (χ1) is 11.3. The van der Waals surface area contributed by atoms with E-state index < -0.39 is 0 Å². The molecule has 0 aliphatic carbocycles. The average Bonchev–Trinajstić information content (AvgIpc) is 2.55. The van der Waals surface area contributed by atoms with Gasteiger partial charge in [0, 0.05) is 6.54 Å². The van der Waals surface area contributed by atoms with Gasteiger partial charge < -0.3 is 5.32 Å². The Morgan fingerprint density at radius 1 is 1.25 bits per heavy atom. The molecule has 0 aliphatic heterocycles. The number of carbonyl (C=O) groups is 1. The van der Waals surface area contributed by atoms with Crippen molar-refractivity contribution in [1.29, 1.82) is 0 Å². The number of rotatable bonds is 5. The van der Waals surface area contributed by atoms with Gasteiger partial charge in [0.2, 0.25) is 0 Å². The first-order valence-corrected chi connectivity index (χ1v) is 9.35. The maximum Gasteiger partial charge on any atom is 0.271 e. The molecule has 1 aromatic carbocycles. The van der Waals surface area contributed by atoms with E-state index in [2.05, 4.69) is 60.3 Å². The van der Waals surface area contributed by atoms with Crippen LogP contribution in [0.4, 0.5) is 0 Å². The summed E-state index contributed by atoms with van der Waals surface area (Å²) in [5.41, 5.74) is 2.85. The Morgan fingerprint density at radius 3 is 2.50 bits per heavy atom. The summed E-state index contributed by atoms with van der Waals surface area (Å²) in [6.07, 6.45) is 4.07. The van der Waals surface area contributed by atoms with Crippen molar-refractivity contribution in [2.45, 2.75) is 37.8 Å². The number of carbonyl (C=O) groups excluding carboxylic acids is 1. The smallest absolute Gasteiger partial charge is 0.271 e. The number of nitrogens with zero attached hydrogens (tertiary/aromatic N) is 2. The molecule has 24 heavy (non-hydrogen) atoms. The van der Waals surface area contributed by atoms with E-state index in [-0.39, 0.29) is 22.0 Å². The molecule has 0 spiro atoms. The van der Waals surface area contributed by atoms with Gasteiger partial charge in [0.1, 0.15) is 0 Å². The maximum absolute atomic E-state index is 12.2. The van der Waals surface area contributed by atoms with Crippen LogP contribution in [0, 0.1) is 0 Å². The van der Waals surface area contributed by atoms with E-state index in [9.17, 15) is 4.79 Å². The molecule has 1 aromatic heterocycles. The molecule has 0 saturated heterocycles. The molecule has 0 saturated carbocycles. The van der Waals surface area contributed by atoms with Crippen LogP contribution in [0.25, 0.3) is 0 Å². The normalized spacial score (nSPS) is 11.4. The van der Waals surface area contributed by atoms with Crippen molar-refractivity contribution in [3.8, 4) is 0 Å². The van der Waals surface area contributed by atoms with Crippen LogP contribution < -0.4 is 5.32 Å². The highest BCUT2D eigenvalue weighted by Crippen LogP contribution is 2.22. The minimum absolute atomic E-state index is 0.144. The van der Waals surface area contributed by atoms with Gasteiger partial charge in [-0.1, -0.05) is 68.4 Å². The highest BCUT2D eigenvalue weighted by atomic mass is 35.5. The SMILES string of the molecule is CSc1ncc(Cl)c(C(=O)NCCc2ccc(C(C)(C)C)cc2)n1. The van der Waals surface area contributed by atoms with Crippen LogP contribution in [0.15, 0.2) is 35.6 Å². The molecular formula is C18H22ClN3OS. The van der Waals surface area contributed by atoms with Gasteiger partial charge in [-0.25, -0.2) is 9.97 Å². The molecular weight excluding hydrogens is 342 g/mol. The minimum Gasteiger partial charge on any atom is -0.350 e. The third-order valence-corrected chi connectivity index (χ3v) is 4.48. The summed E-state index contributed by atoms with van der Waals surface area (Å²) < 4.78 is 0. The average molecular weight is 364 g/mol.